The summed E-state index contributed by atoms with van der Waals surface area (Å²) in [5, 5.41) is 0. The normalized spacial score (nSPS) is 15.9. The summed E-state index contributed by atoms with van der Waals surface area (Å²) in [6.07, 6.45) is 12.7. The summed E-state index contributed by atoms with van der Waals surface area (Å²) < 4.78 is 7.77. The van der Waals surface area contributed by atoms with Crippen LogP contribution in [0.5, 0.6) is 0 Å². The maximum absolute atomic E-state index is 2.40. The Morgan fingerprint density at radius 3 is 2.09 bits per heavy atom. The first-order valence-electron chi connectivity index (χ1n) is 7.95. The van der Waals surface area contributed by atoms with E-state index in [1.165, 1.54) is 48.0 Å². The van der Waals surface area contributed by atoms with Crippen LogP contribution in [-0.4, -0.2) is 16.5 Å². The molecule has 0 saturated heterocycles. The van der Waals surface area contributed by atoms with Crippen molar-refractivity contribution in [1.82, 2.24) is 10.5 Å². The van der Waals surface area contributed by atoms with Crippen molar-refractivity contribution in [3.8, 4) is 5.69 Å². The molecule has 0 amide bonds. The van der Waals surface area contributed by atoms with Crippen LogP contribution in [0.4, 0.5) is 0 Å². The number of halogens is 2. The van der Waals surface area contributed by atoms with Crippen molar-refractivity contribution in [3.63, 3.8) is 0 Å². The standard InChI is InChI=1S/C10H10N2.C7H13I2N.Pt/c1-11-7-8-12(9-11)10-5-3-2-4-6-10;8-10(9)7-5-3-1-2-4-6-7;/h2-8H,1H3;7H,1-6H2;. The van der Waals surface area contributed by atoms with Gasteiger partial charge in [-0.3, -0.25) is 0 Å². The van der Waals surface area contributed by atoms with Gasteiger partial charge in [-0.15, -0.1) is 0 Å². The fourth-order valence-corrected chi connectivity index (χ4v) is 4.42. The first-order valence-corrected chi connectivity index (χ1v) is 11.0. The van der Waals surface area contributed by atoms with Gasteiger partial charge in [-0.2, -0.15) is 1.33 Å². The molecule has 1 aliphatic carbocycles. The van der Waals surface area contributed by atoms with Gasteiger partial charge < -0.3 is 0 Å². The van der Waals surface area contributed by atoms with Crippen LogP contribution in [0, 0.1) is 3.80 Å². The van der Waals surface area contributed by atoms with Crippen molar-refractivity contribution in [2.45, 2.75) is 44.6 Å². The Kier molecular flexibility index (Phi) is 9.08. The van der Waals surface area contributed by atoms with E-state index in [0.29, 0.717) is 0 Å². The van der Waals surface area contributed by atoms with Crippen molar-refractivity contribution in [3.05, 3.63) is 46.5 Å². The third-order valence-electron chi connectivity index (χ3n) is 4.03. The number of aryl methyl sites for hydroxylation is 1. The number of nitrogens with zero attached hydrogens (tertiary/aromatic N) is 3. The second kappa shape index (κ2) is 10.5. The largest absolute Gasteiger partial charge is 0.185 e. The smallest absolute Gasteiger partial charge is 0.0311 e. The van der Waals surface area contributed by atoms with Crippen LogP contribution >= 0.6 is 45.7 Å². The number of hydrogen-bond acceptors (Lipinski definition) is 1. The minimum atomic E-state index is 0.851. The van der Waals surface area contributed by atoms with Crippen molar-refractivity contribution < 1.29 is 19.4 Å². The number of benzene rings is 1. The molecule has 130 valence electrons. The molecular formula is C17H23I2N3Pt. The number of rotatable bonds is 2. The third-order valence-corrected chi connectivity index (χ3v) is 6.95. The van der Waals surface area contributed by atoms with Gasteiger partial charge in [0.05, 0.1) is 0 Å². The van der Waals surface area contributed by atoms with Crippen molar-refractivity contribution in [2.75, 3.05) is 0 Å². The second-order valence-corrected chi connectivity index (χ2v) is 10.7. The summed E-state index contributed by atoms with van der Waals surface area (Å²) in [4.78, 5) is 0. The first-order chi connectivity index (χ1) is 11.1. The summed E-state index contributed by atoms with van der Waals surface area (Å²) in [7, 11) is 2.04. The Hall–Kier alpha value is 0.538. The van der Waals surface area contributed by atoms with E-state index in [4.69, 9.17) is 0 Å². The molecule has 0 aliphatic heterocycles. The molecule has 1 aromatic heterocycles. The zero-order chi connectivity index (χ0) is 16.7. The van der Waals surface area contributed by atoms with Crippen molar-refractivity contribution >= 4 is 45.7 Å². The van der Waals surface area contributed by atoms with Crippen LogP contribution in [0.2, 0.25) is 0 Å². The van der Waals surface area contributed by atoms with Crippen molar-refractivity contribution in [1.29, 1.82) is 0 Å². The minimum absolute atomic E-state index is 0.851. The Morgan fingerprint density at radius 2 is 1.61 bits per heavy atom. The molecule has 1 heterocycles. The molecule has 0 N–H and O–H groups in total. The van der Waals surface area contributed by atoms with Gasteiger partial charge in [0.2, 0.25) is 0 Å². The fraction of sp³-hybridized carbons (Fsp3) is 0.471. The topological polar surface area (TPSA) is 13.1 Å². The molecular weight excluding hydrogens is 695 g/mol. The molecule has 0 atom stereocenters. The third kappa shape index (κ3) is 6.40. The summed E-state index contributed by atoms with van der Waals surface area (Å²) in [5.74, 6) is 0. The van der Waals surface area contributed by atoms with Gasteiger partial charge in [0.15, 0.2) is 0 Å². The van der Waals surface area contributed by atoms with Gasteiger partial charge in [0, 0.05) is 51.8 Å². The molecule has 3 rings (SSSR count). The molecule has 0 radical (unpaired) electrons. The molecule has 23 heavy (non-hydrogen) atoms. The molecule has 3 nitrogen and oxygen atoms in total. The summed E-state index contributed by atoms with van der Waals surface area (Å²) in [6, 6.07) is 11.2. The molecule has 1 aromatic carbocycles. The molecule has 0 unspecified atom stereocenters. The van der Waals surface area contributed by atoms with Crippen LogP contribution in [-0.2, 0) is 26.4 Å². The number of imidazole rings is 1. The monoisotopic (exact) mass is 718 g/mol. The molecule has 0 bridgehead atoms. The quantitative estimate of drug-likeness (QED) is 0.224. The first kappa shape index (κ1) is 19.9. The number of hydrogen-bond donors (Lipinski definition) is 0. The zero-order valence-electron chi connectivity index (χ0n) is 13.3. The average Bonchev–Trinajstić information content (AvgIpc) is 2.78. The van der Waals surface area contributed by atoms with E-state index in [2.05, 4.69) is 100 Å². The molecule has 1 aliphatic rings. The summed E-state index contributed by atoms with van der Waals surface area (Å²) >= 11 is 7.11. The van der Waals surface area contributed by atoms with Crippen LogP contribution in [0.15, 0.2) is 42.7 Å². The van der Waals surface area contributed by atoms with Crippen LogP contribution in [0.1, 0.15) is 38.5 Å². The van der Waals surface area contributed by atoms with Gasteiger partial charge in [-0.05, 0) is 12.8 Å². The predicted molar refractivity (Wildman–Crippen MR) is 109 cm³/mol. The summed E-state index contributed by atoms with van der Waals surface area (Å²) in [6.45, 7) is 0. The number of aromatic nitrogens is 2. The average molecular weight is 718 g/mol. The van der Waals surface area contributed by atoms with E-state index in [1.54, 1.807) is 0 Å². The van der Waals surface area contributed by atoms with E-state index in [9.17, 15) is 0 Å². The molecule has 1 saturated carbocycles. The Morgan fingerprint density at radius 1 is 1.00 bits per heavy atom. The van der Waals surface area contributed by atoms with E-state index >= 15 is 0 Å². The maximum Gasteiger partial charge on any atom is 0.0311 e. The zero-order valence-corrected chi connectivity index (χ0v) is 19.9. The fourth-order valence-electron chi connectivity index (χ4n) is 2.68. The SMILES string of the molecule is Cn1ccn(-c2ccccc2)[c]1=[Pt].IN(I)C1CCCCCC1. The molecule has 0 spiro atoms. The van der Waals surface area contributed by atoms with Crippen LogP contribution in [0.25, 0.3) is 5.69 Å². The molecule has 2 aromatic rings. The van der Waals surface area contributed by atoms with Crippen molar-refractivity contribution in [2.24, 2.45) is 7.05 Å². The van der Waals surface area contributed by atoms with Gasteiger partial charge in [0.1, 0.15) is 0 Å². The van der Waals surface area contributed by atoms with E-state index in [0.717, 1.165) is 6.04 Å². The second-order valence-electron chi connectivity index (χ2n) is 5.76. The maximum atomic E-state index is 2.40. The van der Waals surface area contributed by atoms with E-state index in [1.807, 2.05) is 25.2 Å². The van der Waals surface area contributed by atoms with Gasteiger partial charge in [-0.25, -0.2) is 0 Å². The summed E-state index contributed by atoms with van der Waals surface area (Å²) in [5.41, 5.74) is 1.20. The van der Waals surface area contributed by atoms with E-state index < -0.39 is 0 Å². The molecule has 6 heteroatoms. The van der Waals surface area contributed by atoms with E-state index in [-0.39, 0.29) is 0 Å². The van der Waals surface area contributed by atoms with Gasteiger partial charge >= 0.3 is 87.8 Å². The van der Waals surface area contributed by atoms with Gasteiger partial charge in [-0.1, -0.05) is 25.7 Å². The predicted octanol–water partition coefficient (Wildman–Crippen LogP) is 5.61. The Bertz CT molecular complexity index is 629. The minimum Gasteiger partial charge on any atom is -0.185 e. The Balaban J connectivity index is 0.000000174. The van der Waals surface area contributed by atoms with Crippen LogP contribution < -0.4 is 0 Å². The molecule has 1 fully saturated rings. The number of para-hydroxylation sites is 1. The van der Waals surface area contributed by atoms with Gasteiger partial charge in [0.25, 0.3) is 0 Å². The van der Waals surface area contributed by atoms with Crippen LogP contribution in [0.3, 0.4) is 0 Å². The Labute approximate surface area is 177 Å².